The van der Waals surface area contributed by atoms with Crippen molar-refractivity contribution in [2.75, 3.05) is 19.8 Å². The molecule has 0 aliphatic rings. The Hall–Kier alpha value is -1.14. The summed E-state index contributed by atoms with van der Waals surface area (Å²) >= 11 is 0. The van der Waals surface area contributed by atoms with Crippen LogP contribution in [0.5, 0.6) is 0 Å². The standard InChI is InChI=1S/C9H17NO5/c1-2-5-15-9(14)7(6-8(12)13)10-3-4-11/h7,10-11H,2-6H2,1H3,(H,12,13). The first-order valence-electron chi connectivity index (χ1n) is 4.84. The Bertz CT molecular complexity index is 207. The zero-order valence-corrected chi connectivity index (χ0v) is 8.73. The molecule has 0 aromatic heterocycles. The Morgan fingerprint density at radius 3 is 2.60 bits per heavy atom. The van der Waals surface area contributed by atoms with E-state index in [1.807, 2.05) is 6.92 Å². The van der Waals surface area contributed by atoms with Gasteiger partial charge in [0.2, 0.25) is 0 Å². The van der Waals surface area contributed by atoms with Gasteiger partial charge in [0.15, 0.2) is 0 Å². The fourth-order valence-corrected chi connectivity index (χ4v) is 0.955. The minimum Gasteiger partial charge on any atom is -0.481 e. The number of aliphatic carboxylic acids is 1. The van der Waals surface area contributed by atoms with Gasteiger partial charge >= 0.3 is 11.9 Å². The predicted octanol–water partition coefficient (Wildman–Crippen LogP) is -0.635. The molecule has 0 fully saturated rings. The van der Waals surface area contributed by atoms with Crippen LogP contribution in [0.4, 0.5) is 0 Å². The Balaban J connectivity index is 4.07. The topological polar surface area (TPSA) is 95.9 Å². The van der Waals surface area contributed by atoms with Gasteiger partial charge in [-0.1, -0.05) is 6.92 Å². The zero-order valence-electron chi connectivity index (χ0n) is 8.73. The number of nitrogens with one attached hydrogen (secondary N) is 1. The van der Waals surface area contributed by atoms with Crippen LogP contribution in [0.3, 0.4) is 0 Å². The number of esters is 1. The molecule has 1 unspecified atom stereocenters. The second kappa shape index (κ2) is 8.19. The maximum Gasteiger partial charge on any atom is 0.323 e. The maximum atomic E-state index is 11.3. The highest BCUT2D eigenvalue weighted by Gasteiger charge is 2.21. The van der Waals surface area contributed by atoms with Gasteiger partial charge in [0.1, 0.15) is 6.04 Å². The van der Waals surface area contributed by atoms with Gasteiger partial charge in [0.25, 0.3) is 0 Å². The van der Waals surface area contributed by atoms with Gasteiger partial charge < -0.3 is 20.3 Å². The maximum absolute atomic E-state index is 11.3. The molecule has 0 aliphatic carbocycles. The van der Waals surface area contributed by atoms with Crippen molar-refractivity contribution < 1.29 is 24.5 Å². The van der Waals surface area contributed by atoms with E-state index in [0.717, 1.165) is 0 Å². The lowest BCUT2D eigenvalue weighted by molar-refractivity contribution is -0.150. The summed E-state index contributed by atoms with van der Waals surface area (Å²) in [5.41, 5.74) is 0. The van der Waals surface area contributed by atoms with E-state index < -0.39 is 18.0 Å². The highest BCUT2D eigenvalue weighted by Crippen LogP contribution is 1.97. The second-order valence-electron chi connectivity index (χ2n) is 3.00. The number of hydrogen-bond donors (Lipinski definition) is 3. The summed E-state index contributed by atoms with van der Waals surface area (Å²) < 4.78 is 4.80. The van der Waals surface area contributed by atoms with Crippen LogP contribution in [0.25, 0.3) is 0 Å². The third-order valence-corrected chi connectivity index (χ3v) is 1.61. The first-order chi connectivity index (χ1) is 7.11. The molecule has 0 radical (unpaired) electrons. The summed E-state index contributed by atoms with van der Waals surface area (Å²) in [5, 5.41) is 19.7. The molecule has 0 spiro atoms. The van der Waals surface area contributed by atoms with Crippen LogP contribution in [0.1, 0.15) is 19.8 Å². The normalized spacial score (nSPS) is 12.1. The summed E-state index contributed by atoms with van der Waals surface area (Å²) in [5.74, 6) is -1.67. The Labute approximate surface area is 88.2 Å². The molecule has 0 heterocycles. The minimum atomic E-state index is -1.08. The SMILES string of the molecule is CCCOC(=O)C(CC(=O)O)NCCO. The lowest BCUT2D eigenvalue weighted by Crippen LogP contribution is -2.41. The fourth-order valence-electron chi connectivity index (χ4n) is 0.955. The Morgan fingerprint density at radius 1 is 1.47 bits per heavy atom. The van der Waals surface area contributed by atoms with Crippen molar-refractivity contribution in [3.05, 3.63) is 0 Å². The van der Waals surface area contributed by atoms with Crippen LogP contribution in [0.15, 0.2) is 0 Å². The Morgan fingerprint density at radius 2 is 2.13 bits per heavy atom. The van der Waals surface area contributed by atoms with Gasteiger partial charge in [0, 0.05) is 6.54 Å². The molecule has 0 aliphatic heterocycles. The van der Waals surface area contributed by atoms with Crippen LogP contribution >= 0.6 is 0 Å². The monoisotopic (exact) mass is 219 g/mol. The van der Waals surface area contributed by atoms with E-state index in [-0.39, 0.29) is 26.2 Å². The number of carbonyl (C=O) groups excluding carboxylic acids is 1. The van der Waals surface area contributed by atoms with Crippen molar-refractivity contribution in [1.29, 1.82) is 0 Å². The minimum absolute atomic E-state index is 0.156. The van der Waals surface area contributed by atoms with E-state index in [1.54, 1.807) is 0 Å². The van der Waals surface area contributed by atoms with E-state index in [2.05, 4.69) is 5.32 Å². The van der Waals surface area contributed by atoms with Crippen LogP contribution in [0, 0.1) is 0 Å². The fraction of sp³-hybridized carbons (Fsp3) is 0.778. The van der Waals surface area contributed by atoms with Gasteiger partial charge in [0.05, 0.1) is 19.6 Å². The first-order valence-corrected chi connectivity index (χ1v) is 4.84. The van der Waals surface area contributed by atoms with Gasteiger partial charge in [-0.2, -0.15) is 0 Å². The van der Waals surface area contributed by atoms with Crippen molar-refractivity contribution in [3.63, 3.8) is 0 Å². The third kappa shape index (κ3) is 6.87. The molecule has 15 heavy (non-hydrogen) atoms. The molecule has 6 heteroatoms. The molecule has 0 aromatic carbocycles. The van der Waals surface area contributed by atoms with Gasteiger partial charge in [-0.3, -0.25) is 9.59 Å². The van der Waals surface area contributed by atoms with Crippen LogP contribution in [0.2, 0.25) is 0 Å². The van der Waals surface area contributed by atoms with Crippen molar-refractivity contribution in [1.82, 2.24) is 5.32 Å². The zero-order chi connectivity index (χ0) is 11.7. The van der Waals surface area contributed by atoms with Crippen molar-refractivity contribution in [2.24, 2.45) is 0 Å². The Kier molecular flexibility index (Phi) is 7.57. The molecular weight excluding hydrogens is 202 g/mol. The molecule has 0 bridgehead atoms. The average molecular weight is 219 g/mol. The van der Waals surface area contributed by atoms with Gasteiger partial charge in [-0.15, -0.1) is 0 Å². The molecule has 0 saturated carbocycles. The lowest BCUT2D eigenvalue weighted by atomic mass is 10.2. The summed E-state index contributed by atoms with van der Waals surface area (Å²) in [7, 11) is 0. The highest BCUT2D eigenvalue weighted by atomic mass is 16.5. The van der Waals surface area contributed by atoms with Crippen LogP contribution < -0.4 is 5.32 Å². The molecular formula is C9H17NO5. The summed E-state index contributed by atoms with van der Waals surface area (Å²) in [6, 6.07) is -0.888. The summed E-state index contributed by atoms with van der Waals surface area (Å²) in [6.45, 7) is 2.13. The van der Waals surface area contributed by atoms with E-state index >= 15 is 0 Å². The predicted molar refractivity (Wildman–Crippen MR) is 52.4 cm³/mol. The number of carbonyl (C=O) groups is 2. The third-order valence-electron chi connectivity index (χ3n) is 1.61. The molecule has 0 saturated heterocycles. The number of hydrogen-bond acceptors (Lipinski definition) is 5. The molecule has 0 aromatic rings. The van der Waals surface area contributed by atoms with E-state index in [9.17, 15) is 9.59 Å². The first kappa shape index (κ1) is 13.9. The van der Waals surface area contributed by atoms with Crippen molar-refractivity contribution >= 4 is 11.9 Å². The quantitative estimate of drug-likeness (QED) is 0.470. The molecule has 3 N–H and O–H groups in total. The second-order valence-corrected chi connectivity index (χ2v) is 3.00. The smallest absolute Gasteiger partial charge is 0.323 e. The van der Waals surface area contributed by atoms with E-state index in [4.69, 9.17) is 14.9 Å². The number of carboxylic acid groups (broad SMARTS) is 1. The summed E-state index contributed by atoms with van der Waals surface area (Å²) in [6.07, 6.45) is 0.341. The average Bonchev–Trinajstić information content (AvgIpc) is 2.20. The number of aliphatic hydroxyl groups is 1. The van der Waals surface area contributed by atoms with Gasteiger partial charge in [-0.05, 0) is 6.42 Å². The van der Waals surface area contributed by atoms with Crippen LogP contribution in [-0.2, 0) is 14.3 Å². The molecule has 1 atom stereocenters. The van der Waals surface area contributed by atoms with Crippen LogP contribution in [-0.4, -0.2) is 48.0 Å². The molecule has 88 valence electrons. The van der Waals surface area contributed by atoms with Crippen molar-refractivity contribution in [3.8, 4) is 0 Å². The van der Waals surface area contributed by atoms with Crippen molar-refractivity contribution in [2.45, 2.75) is 25.8 Å². The summed E-state index contributed by atoms with van der Waals surface area (Å²) in [4.78, 5) is 21.8. The van der Waals surface area contributed by atoms with E-state index in [1.165, 1.54) is 0 Å². The highest BCUT2D eigenvalue weighted by molar-refractivity contribution is 5.81. The largest absolute Gasteiger partial charge is 0.481 e. The molecule has 0 amide bonds. The molecule has 0 rings (SSSR count). The number of ether oxygens (including phenoxy) is 1. The van der Waals surface area contributed by atoms with E-state index in [0.29, 0.717) is 6.42 Å². The number of carboxylic acids is 1. The molecule has 6 nitrogen and oxygen atoms in total. The lowest BCUT2D eigenvalue weighted by Gasteiger charge is -2.14. The number of rotatable bonds is 8. The van der Waals surface area contributed by atoms with Gasteiger partial charge in [-0.25, -0.2) is 0 Å². The number of aliphatic hydroxyl groups excluding tert-OH is 1.